The van der Waals surface area contributed by atoms with Gasteiger partial charge in [-0.15, -0.1) is 13.2 Å². The first-order chi connectivity index (χ1) is 12.7. The van der Waals surface area contributed by atoms with E-state index in [4.69, 9.17) is 0 Å². The van der Waals surface area contributed by atoms with Gasteiger partial charge in [-0.3, -0.25) is 14.5 Å². The molecule has 6 nitrogen and oxygen atoms in total. The third-order valence-corrected chi connectivity index (χ3v) is 3.59. The maximum atomic E-state index is 12.4. The monoisotopic (exact) mass is 378 g/mol. The summed E-state index contributed by atoms with van der Waals surface area (Å²) < 4.78 is 42.6. The van der Waals surface area contributed by atoms with E-state index in [1.165, 1.54) is 24.4 Å². The van der Waals surface area contributed by atoms with Crippen LogP contribution in [0.15, 0.2) is 42.7 Å². The summed E-state index contributed by atoms with van der Waals surface area (Å²) in [5.74, 6) is -0.605. The van der Waals surface area contributed by atoms with Gasteiger partial charge in [-0.25, -0.2) is 0 Å². The van der Waals surface area contributed by atoms with E-state index in [9.17, 15) is 18.0 Å². The van der Waals surface area contributed by atoms with E-state index in [0.717, 1.165) is 0 Å². The Hall–Kier alpha value is -3.10. The fourth-order valence-corrected chi connectivity index (χ4v) is 2.61. The van der Waals surface area contributed by atoms with Crippen LogP contribution in [0, 0.1) is 0 Å². The maximum absolute atomic E-state index is 12.4. The number of alkyl halides is 3. The molecule has 0 bridgehead atoms. The number of fused-ring (bicyclic) bond motifs is 1. The molecule has 9 heteroatoms. The molecule has 1 N–H and O–H groups in total. The van der Waals surface area contributed by atoms with Crippen molar-refractivity contribution in [3.05, 3.63) is 54.0 Å². The molecule has 0 radical (unpaired) electrons. The van der Waals surface area contributed by atoms with Gasteiger partial charge in [0.1, 0.15) is 11.4 Å². The lowest BCUT2D eigenvalue weighted by molar-refractivity contribution is -0.274. The molecule has 0 aliphatic heterocycles. The summed E-state index contributed by atoms with van der Waals surface area (Å²) in [6, 6.07) is 7.30. The Morgan fingerprint density at radius 1 is 1.30 bits per heavy atom. The van der Waals surface area contributed by atoms with Crippen LogP contribution in [0.3, 0.4) is 0 Å². The first kappa shape index (κ1) is 18.7. The molecule has 0 fully saturated rings. The smallest absolute Gasteiger partial charge is 0.406 e. The first-order valence-corrected chi connectivity index (χ1v) is 8.19. The van der Waals surface area contributed by atoms with Crippen LogP contribution in [0.2, 0.25) is 0 Å². The average Bonchev–Trinajstić information content (AvgIpc) is 2.94. The van der Waals surface area contributed by atoms with Crippen molar-refractivity contribution in [1.29, 1.82) is 0 Å². The lowest BCUT2D eigenvalue weighted by Gasteiger charge is -2.10. The second kappa shape index (κ2) is 7.26. The zero-order valence-electron chi connectivity index (χ0n) is 14.6. The summed E-state index contributed by atoms with van der Waals surface area (Å²) in [4.78, 5) is 16.4. The Morgan fingerprint density at radius 3 is 2.78 bits per heavy atom. The van der Waals surface area contributed by atoms with Gasteiger partial charge >= 0.3 is 6.36 Å². The Bertz CT molecular complexity index is 967. The number of benzene rings is 1. The van der Waals surface area contributed by atoms with Crippen LogP contribution < -0.4 is 10.1 Å². The van der Waals surface area contributed by atoms with Crippen LogP contribution in [0.4, 0.5) is 13.2 Å². The molecule has 0 aliphatic carbocycles. The molecule has 1 amide bonds. The van der Waals surface area contributed by atoms with E-state index in [-0.39, 0.29) is 29.9 Å². The standard InChI is InChI=1S/C18H17F3N4O2/c1-11(2)23-17(26)16-14-10-25(24-15(14)6-7-22-16)9-12-4-3-5-13(8-12)27-18(19,20)21/h3-8,10-11H,9H2,1-2H3,(H,23,26). The van der Waals surface area contributed by atoms with Crippen molar-refractivity contribution in [3.8, 4) is 5.75 Å². The number of hydrogen-bond donors (Lipinski definition) is 1. The topological polar surface area (TPSA) is 69.0 Å². The summed E-state index contributed by atoms with van der Waals surface area (Å²) in [5.41, 5.74) is 1.40. The minimum Gasteiger partial charge on any atom is -0.406 e. The lowest BCUT2D eigenvalue weighted by Crippen LogP contribution is -2.30. The van der Waals surface area contributed by atoms with E-state index < -0.39 is 6.36 Å². The first-order valence-electron chi connectivity index (χ1n) is 8.19. The highest BCUT2D eigenvalue weighted by molar-refractivity contribution is 6.04. The highest BCUT2D eigenvalue weighted by Gasteiger charge is 2.31. The number of carbonyl (C=O) groups excluding carboxylic acids is 1. The quantitative estimate of drug-likeness (QED) is 0.738. The van der Waals surface area contributed by atoms with Crippen molar-refractivity contribution in [1.82, 2.24) is 20.1 Å². The molecule has 3 aromatic rings. The minimum absolute atomic E-state index is 0.0408. The molecular weight excluding hydrogens is 361 g/mol. The molecule has 0 saturated carbocycles. The lowest BCUT2D eigenvalue weighted by atomic mass is 10.2. The van der Waals surface area contributed by atoms with Gasteiger partial charge < -0.3 is 10.1 Å². The molecule has 3 rings (SSSR count). The normalized spacial score (nSPS) is 11.8. The number of aromatic nitrogens is 3. The highest BCUT2D eigenvalue weighted by atomic mass is 19.4. The molecular formula is C18H17F3N4O2. The van der Waals surface area contributed by atoms with E-state index >= 15 is 0 Å². The van der Waals surface area contributed by atoms with Gasteiger partial charge in [0.05, 0.1) is 17.4 Å². The average molecular weight is 378 g/mol. The van der Waals surface area contributed by atoms with Gasteiger partial charge in [0.15, 0.2) is 0 Å². The second-order valence-corrected chi connectivity index (χ2v) is 6.24. The Labute approximate surface area is 153 Å². The van der Waals surface area contributed by atoms with Crippen molar-refractivity contribution in [3.63, 3.8) is 0 Å². The number of carbonyl (C=O) groups is 1. The molecule has 142 valence electrons. The molecule has 0 spiro atoms. The summed E-state index contributed by atoms with van der Waals surface area (Å²) in [7, 11) is 0. The fraction of sp³-hybridized carbons (Fsp3) is 0.278. The molecule has 1 aromatic carbocycles. The Kier molecular flexibility index (Phi) is 5.02. The van der Waals surface area contributed by atoms with Crippen molar-refractivity contribution < 1.29 is 22.7 Å². The van der Waals surface area contributed by atoms with Crippen molar-refractivity contribution in [2.24, 2.45) is 0 Å². The molecule has 0 saturated heterocycles. The third-order valence-electron chi connectivity index (χ3n) is 3.59. The minimum atomic E-state index is -4.75. The van der Waals surface area contributed by atoms with E-state index in [1.807, 2.05) is 13.8 Å². The predicted octanol–water partition coefficient (Wildman–Crippen LogP) is 3.52. The van der Waals surface area contributed by atoms with Crippen LogP contribution in [-0.2, 0) is 6.54 Å². The number of nitrogens with zero attached hydrogens (tertiary/aromatic N) is 3. The van der Waals surface area contributed by atoms with Gasteiger partial charge in [0.2, 0.25) is 0 Å². The SMILES string of the molecule is CC(C)NC(=O)c1nccc2nn(Cc3cccc(OC(F)(F)F)c3)cc12. The number of pyridine rings is 1. The summed E-state index contributed by atoms with van der Waals surface area (Å²) in [5, 5.41) is 7.71. The zero-order chi connectivity index (χ0) is 19.6. The number of rotatable bonds is 5. The summed E-state index contributed by atoms with van der Waals surface area (Å²) in [6.07, 6.45) is -1.61. The molecule has 27 heavy (non-hydrogen) atoms. The molecule has 0 unspecified atom stereocenters. The molecule has 0 atom stereocenters. The van der Waals surface area contributed by atoms with Gasteiger partial charge in [0, 0.05) is 18.4 Å². The van der Waals surface area contributed by atoms with Gasteiger partial charge in [0.25, 0.3) is 5.91 Å². The number of hydrogen-bond acceptors (Lipinski definition) is 4. The largest absolute Gasteiger partial charge is 0.573 e. The Morgan fingerprint density at radius 2 is 2.07 bits per heavy atom. The van der Waals surface area contributed by atoms with Crippen molar-refractivity contribution in [2.75, 3.05) is 0 Å². The van der Waals surface area contributed by atoms with Gasteiger partial charge in [-0.05, 0) is 37.6 Å². The van der Waals surface area contributed by atoms with Crippen LogP contribution in [0.1, 0.15) is 29.9 Å². The molecule has 2 heterocycles. The number of halogens is 3. The van der Waals surface area contributed by atoms with Crippen LogP contribution in [-0.4, -0.2) is 33.1 Å². The van der Waals surface area contributed by atoms with Crippen molar-refractivity contribution in [2.45, 2.75) is 32.8 Å². The number of amides is 1. The van der Waals surface area contributed by atoms with E-state index in [0.29, 0.717) is 16.5 Å². The number of ether oxygens (including phenoxy) is 1. The summed E-state index contributed by atoms with van der Waals surface area (Å²) >= 11 is 0. The zero-order valence-corrected chi connectivity index (χ0v) is 14.6. The van der Waals surface area contributed by atoms with Gasteiger partial charge in [-0.1, -0.05) is 12.1 Å². The highest BCUT2D eigenvalue weighted by Crippen LogP contribution is 2.24. The van der Waals surface area contributed by atoms with Crippen molar-refractivity contribution >= 4 is 16.8 Å². The molecule has 0 aliphatic rings. The second-order valence-electron chi connectivity index (χ2n) is 6.24. The van der Waals surface area contributed by atoms with E-state index in [2.05, 4.69) is 20.1 Å². The molecule has 2 aromatic heterocycles. The number of nitrogens with one attached hydrogen (secondary N) is 1. The van der Waals surface area contributed by atoms with Gasteiger partial charge in [-0.2, -0.15) is 5.10 Å². The predicted molar refractivity (Wildman–Crippen MR) is 92.4 cm³/mol. The maximum Gasteiger partial charge on any atom is 0.573 e. The van der Waals surface area contributed by atoms with Crippen LogP contribution in [0.25, 0.3) is 10.9 Å². The van der Waals surface area contributed by atoms with Crippen LogP contribution >= 0.6 is 0 Å². The fourth-order valence-electron chi connectivity index (χ4n) is 2.61. The Balaban J connectivity index is 1.86. The third kappa shape index (κ3) is 4.75. The van der Waals surface area contributed by atoms with E-state index in [1.54, 1.807) is 23.0 Å². The summed E-state index contributed by atoms with van der Waals surface area (Å²) in [6.45, 7) is 3.91. The van der Waals surface area contributed by atoms with Crippen LogP contribution in [0.5, 0.6) is 5.75 Å².